The van der Waals surface area contributed by atoms with Crippen molar-refractivity contribution in [3.8, 4) is 0 Å². The summed E-state index contributed by atoms with van der Waals surface area (Å²) in [6.45, 7) is 4.32. The molecule has 1 aromatic carbocycles. The number of benzene rings is 1. The summed E-state index contributed by atoms with van der Waals surface area (Å²) in [6.07, 6.45) is 0.590. The number of rotatable bonds is 2. The molecule has 0 aromatic heterocycles. The van der Waals surface area contributed by atoms with E-state index in [1.165, 1.54) is 0 Å². The van der Waals surface area contributed by atoms with Crippen molar-refractivity contribution >= 4 is 9.84 Å². The summed E-state index contributed by atoms with van der Waals surface area (Å²) in [5.74, 6) is 0.188. The fourth-order valence-electron chi connectivity index (χ4n) is 3.57. The van der Waals surface area contributed by atoms with Crippen LogP contribution in [0.1, 0.15) is 12.0 Å². The van der Waals surface area contributed by atoms with Crippen molar-refractivity contribution < 1.29 is 8.42 Å². The zero-order valence-corrected chi connectivity index (χ0v) is 13.3. The lowest BCUT2D eigenvalue weighted by Gasteiger charge is -2.49. The molecule has 1 unspecified atom stereocenters. The first kappa shape index (κ1) is 15.0. The van der Waals surface area contributed by atoms with Crippen molar-refractivity contribution in [2.75, 3.05) is 45.5 Å². The van der Waals surface area contributed by atoms with Crippen LogP contribution in [0.15, 0.2) is 29.2 Å². The summed E-state index contributed by atoms with van der Waals surface area (Å²) < 4.78 is 24.7. The van der Waals surface area contributed by atoms with E-state index in [1.807, 2.05) is 12.1 Å². The number of fused-ring (bicyclic) bond motifs is 1. The number of hydrogen-bond donors (Lipinski definition) is 1. The summed E-state index contributed by atoms with van der Waals surface area (Å²) in [5, 5.41) is 0. The zero-order valence-electron chi connectivity index (χ0n) is 12.5. The van der Waals surface area contributed by atoms with E-state index in [1.54, 1.807) is 12.1 Å². The Kier molecular flexibility index (Phi) is 3.81. The lowest BCUT2D eigenvalue weighted by atomic mass is 9.84. The Morgan fingerprint density at radius 1 is 1.19 bits per heavy atom. The van der Waals surface area contributed by atoms with Crippen LogP contribution in [0.2, 0.25) is 0 Å². The van der Waals surface area contributed by atoms with Crippen LogP contribution in [0.3, 0.4) is 0 Å². The zero-order chi connectivity index (χ0) is 15.1. The number of likely N-dealkylation sites (N-methyl/N-ethyl adjacent to an activating group) is 1. The van der Waals surface area contributed by atoms with E-state index in [4.69, 9.17) is 5.73 Å². The van der Waals surface area contributed by atoms with E-state index in [-0.39, 0.29) is 11.3 Å². The van der Waals surface area contributed by atoms with Crippen molar-refractivity contribution in [3.63, 3.8) is 0 Å². The van der Waals surface area contributed by atoms with Gasteiger partial charge >= 0.3 is 0 Å². The lowest BCUT2D eigenvalue weighted by Crippen LogP contribution is -2.59. The van der Waals surface area contributed by atoms with Crippen molar-refractivity contribution in [2.45, 2.75) is 16.9 Å². The molecule has 3 rings (SSSR count). The van der Waals surface area contributed by atoms with Crippen molar-refractivity contribution in [1.82, 2.24) is 9.80 Å². The lowest BCUT2D eigenvalue weighted by molar-refractivity contribution is 0.0361. The highest BCUT2D eigenvalue weighted by atomic mass is 32.2. The minimum atomic E-state index is -3.17. The molecule has 1 saturated heterocycles. The third-order valence-corrected chi connectivity index (χ3v) is 6.72. The van der Waals surface area contributed by atoms with Crippen LogP contribution in [0, 0.1) is 0 Å². The van der Waals surface area contributed by atoms with Crippen molar-refractivity contribution in [3.05, 3.63) is 29.8 Å². The van der Waals surface area contributed by atoms with Crippen LogP contribution in [0.25, 0.3) is 0 Å². The third kappa shape index (κ3) is 2.40. The molecule has 0 saturated carbocycles. The Morgan fingerprint density at radius 2 is 1.86 bits per heavy atom. The van der Waals surface area contributed by atoms with Gasteiger partial charge in [0.15, 0.2) is 9.84 Å². The standard InChI is InChI=1S/C15H23N3O2S/c1-17-7-9-18(10-8-17)15(12-16)6-11-21(19,20)14-5-3-2-4-13(14)15/h2-5H,6-12,16H2,1H3. The number of piperazine rings is 1. The van der Waals surface area contributed by atoms with E-state index in [0.717, 1.165) is 31.7 Å². The molecule has 6 heteroatoms. The normalized spacial score (nSPS) is 30.0. The van der Waals surface area contributed by atoms with Gasteiger partial charge in [-0.25, -0.2) is 8.42 Å². The van der Waals surface area contributed by atoms with E-state index in [0.29, 0.717) is 17.9 Å². The van der Waals surface area contributed by atoms with Gasteiger partial charge in [0, 0.05) is 32.7 Å². The third-order valence-electron chi connectivity index (χ3n) is 4.95. The molecule has 2 heterocycles. The average Bonchev–Trinajstić information content (AvgIpc) is 2.50. The number of hydrogen-bond acceptors (Lipinski definition) is 5. The molecule has 0 bridgehead atoms. The van der Waals surface area contributed by atoms with E-state index in [9.17, 15) is 8.42 Å². The molecule has 0 amide bonds. The van der Waals surface area contributed by atoms with E-state index >= 15 is 0 Å². The molecule has 0 aliphatic carbocycles. The van der Waals surface area contributed by atoms with Gasteiger partial charge in [0.2, 0.25) is 0 Å². The molecule has 1 atom stereocenters. The maximum atomic E-state index is 12.3. The number of sulfone groups is 1. The predicted octanol–water partition coefficient (Wildman–Crippen LogP) is 0.265. The largest absolute Gasteiger partial charge is 0.328 e. The van der Waals surface area contributed by atoms with Crippen molar-refractivity contribution in [1.29, 1.82) is 0 Å². The van der Waals surface area contributed by atoms with E-state index < -0.39 is 9.84 Å². The molecule has 1 aromatic rings. The fraction of sp³-hybridized carbons (Fsp3) is 0.600. The van der Waals surface area contributed by atoms with Crippen LogP contribution < -0.4 is 5.73 Å². The highest BCUT2D eigenvalue weighted by molar-refractivity contribution is 7.91. The SMILES string of the molecule is CN1CCN(C2(CN)CCS(=O)(=O)c3ccccc32)CC1. The van der Waals surface area contributed by atoms with Gasteiger partial charge in [-0.15, -0.1) is 0 Å². The fourth-order valence-corrected chi connectivity index (χ4v) is 5.28. The molecule has 2 aliphatic rings. The quantitative estimate of drug-likeness (QED) is 0.849. The van der Waals surface area contributed by atoms with Gasteiger partial charge in [0.1, 0.15) is 0 Å². The second kappa shape index (κ2) is 5.35. The van der Waals surface area contributed by atoms with Gasteiger partial charge < -0.3 is 10.6 Å². The molecule has 0 radical (unpaired) electrons. The molecule has 0 spiro atoms. The summed E-state index contributed by atoms with van der Waals surface area (Å²) in [6, 6.07) is 7.38. The van der Waals surface area contributed by atoms with Crippen LogP contribution in [0.4, 0.5) is 0 Å². The molecule has 5 nitrogen and oxygen atoms in total. The summed E-state index contributed by atoms with van der Waals surface area (Å²) in [7, 11) is -1.05. The van der Waals surface area contributed by atoms with E-state index in [2.05, 4.69) is 16.8 Å². The summed E-state index contributed by atoms with van der Waals surface area (Å²) >= 11 is 0. The highest BCUT2D eigenvalue weighted by Gasteiger charge is 2.45. The topological polar surface area (TPSA) is 66.6 Å². The maximum absolute atomic E-state index is 12.3. The first-order valence-corrected chi connectivity index (χ1v) is 9.11. The molecule has 1 fully saturated rings. The Bertz CT molecular complexity index is 624. The van der Waals surface area contributed by atoms with Crippen LogP contribution in [-0.2, 0) is 15.4 Å². The average molecular weight is 309 g/mol. The monoisotopic (exact) mass is 309 g/mol. The molecule has 2 N–H and O–H groups in total. The predicted molar refractivity (Wildman–Crippen MR) is 82.9 cm³/mol. The molecular formula is C15H23N3O2S. The first-order chi connectivity index (χ1) is 9.99. The minimum Gasteiger partial charge on any atom is -0.328 e. The van der Waals surface area contributed by atoms with Crippen LogP contribution in [0.5, 0.6) is 0 Å². The van der Waals surface area contributed by atoms with Crippen LogP contribution in [-0.4, -0.2) is 63.7 Å². The maximum Gasteiger partial charge on any atom is 0.178 e. The summed E-state index contributed by atoms with van der Waals surface area (Å²) in [4.78, 5) is 5.16. The van der Waals surface area contributed by atoms with Gasteiger partial charge in [-0.3, -0.25) is 4.90 Å². The minimum absolute atomic E-state index is 0.188. The first-order valence-electron chi connectivity index (χ1n) is 7.45. The highest BCUT2D eigenvalue weighted by Crippen LogP contribution is 2.41. The Balaban J connectivity index is 2.07. The van der Waals surface area contributed by atoms with Crippen LogP contribution >= 0.6 is 0 Å². The second-order valence-corrected chi connectivity index (χ2v) is 8.17. The second-order valence-electron chi connectivity index (χ2n) is 6.09. The Labute approximate surface area is 126 Å². The Morgan fingerprint density at radius 3 is 2.52 bits per heavy atom. The molecule has 116 valence electrons. The Hall–Kier alpha value is -0.950. The molecule has 21 heavy (non-hydrogen) atoms. The van der Waals surface area contributed by atoms with Gasteiger partial charge in [0.25, 0.3) is 0 Å². The molecular weight excluding hydrogens is 286 g/mol. The number of nitrogens with two attached hydrogens (primary N) is 1. The summed E-state index contributed by atoms with van der Waals surface area (Å²) in [5.41, 5.74) is 6.72. The smallest absolute Gasteiger partial charge is 0.178 e. The van der Waals surface area contributed by atoms with Gasteiger partial charge in [0.05, 0.1) is 16.2 Å². The van der Waals surface area contributed by atoms with Gasteiger partial charge in [-0.05, 0) is 25.1 Å². The molecule has 2 aliphatic heterocycles. The van der Waals surface area contributed by atoms with Gasteiger partial charge in [-0.2, -0.15) is 0 Å². The van der Waals surface area contributed by atoms with Crippen molar-refractivity contribution in [2.24, 2.45) is 5.73 Å². The number of nitrogens with zero attached hydrogens (tertiary/aromatic N) is 2. The van der Waals surface area contributed by atoms with Gasteiger partial charge in [-0.1, -0.05) is 18.2 Å².